The molecular formula is C27H37N3O4S. The van der Waals surface area contributed by atoms with Crippen LogP contribution in [0.2, 0.25) is 0 Å². The van der Waals surface area contributed by atoms with Gasteiger partial charge in [-0.25, -0.2) is 8.42 Å². The van der Waals surface area contributed by atoms with Gasteiger partial charge < -0.3 is 10.2 Å². The van der Waals surface area contributed by atoms with E-state index in [1.54, 1.807) is 13.0 Å². The van der Waals surface area contributed by atoms with Gasteiger partial charge in [0.25, 0.3) is 0 Å². The highest BCUT2D eigenvalue weighted by Gasteiger charge is 2.31. The average Bonchev–Trinajstić information content (AvgIpc) is 3.28. The molecule has 1 N–H and O–H groups in total. The second-order valence-electron chi connectivity index (χ2n) is 9.74. The summed E-state index contributed by atoms with van der Waals surface area (Å²) >= 11 is 0. The molecule has 0 saturated heterocycles. The minimum Gasteiger partial charge on any atom is -0.352 e. The van der Waals surface area contributed by atoms with E-state index in [1.165, 1.54) is 4.90 Å². The predicted octanol–water partition coefficient (Wildman–Crippen LogP) is 3.85. The number of amides is 2. The van der Waals surface area contributed by atoms with Crippen LogP contribution in [-0.2, 0) is 26.2 Å². The molecule has 8 heteroatoms. The number of carbonyl (C=O) groups is 2. The quantitative estimate of drug-likeness (QED) is 0.568. The molecule has 0 bridgehead atoms. The van der Waals surface area contributed by atoms with Crippen LogP contribution in [0.3, 0.4) is 0 Å². The number of rotatable bonds is 9. The Morgan fingerprint density at radius 2 is 1.69 bits per heavy atom. The Hall–Kier alpha value is -2.87. The molecule has 1 saturated carbocycles. The van der Waals surface area contributed by atoms with Crippen molar-refractivity contribution in [2.24, 2.45) is 0 Å². The van der Waals surface area contributed by atoms with Crippen LogP contribution in [-0.4, -0.2) is 50.0 Å². The van der Waals surface area contributed by atoms with Crippen molar-refractivity contribution in [1.29, 1.82) is 0 Å². The highest BCUT2D eigenvalue weighted by atomic mass is 32.2. The van der Waals surface area contributed by atoms with E-state index in [0.717, 1.165) is 58.5 Å². The van der Waals surface area contributed by atoms with Gasteiger partial charge in [0.05, 0.1) is 11.9 Å². The second kappa shape index (κ2) is 11.2. The summed E-state index contributed by atoms with van der Waals surface area (Å²) in [6.07, 6.45) is 5.16. The van der Waals surface area contributed by atoms with Crippen molar-refractivity contribution in [3.8, 4) is 0 Å². The molecule has 2 aromatic carbocycles. The summed E-state index contributed by atoms with van der Waals surface area (Å²) in [5.41, 5.74) is 4.16. The van der Waals surface area contributed by atoms with Gasteiger partial charge >= 0.3 is 0 Å². The molecule has 7 nitrogen and oxygen atoms in total. The highest BCUT2D eigenvalue weighted by molar-refractivity contribution is 7.92. The Balaban J connectivity index is 1.90. The number of sulfonamides is 1. The summed E-state index contributed by atoms with van der Waals surface area (Å²) < 4.78 is 26.6. The fourth-order valence-electron chi connectivity index (χ4n) is 4.66. The number of anilines is 1. The van der Waals surface area contributed by atoms with E-state index in [2.05, 4.69) is 5.32 Å². The predicted molar refractivity (Wildman–Crippen MR) is 140 cm³/mol. The van der Waals surface area contributed by atoms with Crippen LogP contribution in [0.25, 0.3) is 0 Å². The normalized spacial score (nSPS) is 15.0. The molecule has 3 rings (SSSR count). The molecule has 0 radical (unpaired) electrons. The van der Waals surface area contributed by atoms with E-state index in [4.69, 9.17) is 0 Å². The number of nitrogens with one attached hydrogen (secondary N) is 1. The Bertz CT molecular complexity index is 1170. The van der Waals surface area contributed by atoms with Gasteiger partial charge in [-0.3, -0.25) is 13.9 Å². The van der Waals surface area contributed by atoms with Gasteiger partial charge in [-0.2, -0.15) is 0 Å². The van der Waals surface area contributed by atoms with E-state index < -0.39 is 22.0 Å². The first-order chi connectivity index (χ1) is 16.5. The number of hydrogen-bond donors (Lipinski definition) is 1. The fourth-order valence-corrected chi connectivity index (χ4v) is 5.57. The topological polar surface area (TPSA) is 86.8 Å². The molecule has 0 aliphatic heterocycles. The minimum absolute atomic E-state index is 0.128. The smallest absolute Gasteiger partial charge is 0.244 e. The number of hydrogen-bond acceptors (Lipinski definition) is 4. The third kappa shape index (κ3) is 7.07. The maximum Gasteiger partial charge on any atom is 0.244 e. The lowest BCUT2D eigenvalue weighted by Gasteiger charge is -2.32. The molecule has 2 amide bonds. The van der Waals surface area contributed by atoms with Gasteiger partial charge in [-0.15, -0.1) is 0 Å². The zero-order chi connectivity index (χ0) is 25.8. The molecule has 0 unspecified atom stereocenters. The first-order valence-electron chi connectivity index (χ1n) is 12.2. The van der Waals surface area contributed by atoms with Crippen LogP contribution in [0.1, 0.15) is 54.9 Å². The van der Waals surface area contributed by atoms with Crippen LogP contribution in [0.15, 0.2) is 42.5 Å². The molecule has 1 atom stereocenters. The van der Waals surface area contributed by atoms with Crippen molar-refractivity contribution in [1.82, 2.24) is 10.2 Å². The summed E-state index contributed by atoms with van der Waals surface area (Å²) in [5, 5.41) is 3.08. The third-order valence-electron chi connectivity index (χ3n) is 6.60. The number of nitrogens with zero attached hydrogens (tertiary/aromatic N) is 2. The fraction of sp³-hybridized carbons (Fsp3) is 0.481. The van der Waals surface area contributed by atoms with E-state index in [9.17, 15) is 18.0 Å². The van der Waals surface area contributed by atoms with Crippen molar-refractivity contribution in [2.75, 3.05) is 17.1 Å². The molecule has 0 heterocycles. The van der Waals surface area contributed by atoms with Crippen LogP contribution in [0, 0.1) is 20.8 Å². The molecule has 1 aliphatic carbocycles. The maximum absolute atomic E-state index is 13.7. The molecule has 1 aliphatic rings. The molecular weight excluding hydrogens is 462 g/mol. The molecule has 0 aromatic heterocycles. The summed E-state index contributed by atoms with van der Waals surface area (Å²) in [5.74, 6) is -0.638. The summed E-state index contributed by atoms with van der Waals surface area (Å²) in [4.78, 5) is 28.3. The largest absolute Gasteiger partial charge is 0.352 e. The Labute approximate surface area is 209 Å². The number of benzene rings is 2. The maximum atomic E-state index is 13.7. The molecule has 1 fully saturated rings. The van der Waals surface area contributed by atoms with E-state index in [0.29, 0.717) is 5.69 Å². The van der Waals surface area contributed by atoms with Crippen molar-refractivity contribution < 1.29 is 18.0 Å². The molecule has 2 aromatic rings. The van der Waals surface area contributed by atoms with Gasteiger partial charge in [0.1, 0.15) is 12.6 Å². The second-order valence-corrected chi connectivity index (χ2v) is 11.6. The standard InChI is InChI=1S/C27H37N3O4S/c1-19-9-8-10-23(16-19)17-29(22(4)27(32)28-24-11-6-7-12-24)26(31)18-30(35(5,33)34)25-14-13-20(2)15-21(25)3/h8-10,13-16,22,24H,6-7,11-12,17-18H2,1-5H3,(H,28,32)/t22-/m1/s1. The van der Waals surface area contributed by atoms with E-state index >= 15 is 0 Å². The van der Waals surface area contributed by atoms with Crippen molar-refractivity contribution in [3.05, 3.63) is 64.7 Å². The molecule has 35 heavy (non-hydrogen) atoms. The number of carbonyl (C=O) groups excluding carboxylic acids is 2. The van der Waals surface area contributed by atoms with Crippen molar-refractivity contribution in [2.45, 2.75) is 72.0 Å². The van der Waals surface area contributed by atoms with Crippen LogP contribution < -0.4 is 9.62 Å². The van der Waals surface area contributed by atoms with Crippen LogP contribution in [0.4, 0.5) is 5.69 Å². The van der Waals surface area contributed by atoms with Gasteiger partial charge in [0.15, 0.2) is 0 Å². The monoisotopic (exact) mass is 499 g/mol. The minimum atomic E-state index is -3.74. The first kappa shape index (κ1) is 26.7. The number of aryl methyl sites for hydroxylation is 3. The average molecular weight is 500 g/mol. The zero-order valence-electron chi connectivity index (χ0n) is 21.4. The lowest BCUT2D eigenvalue weighted by atomic mass is 10.1. The van der Waals surface area contributed by atoms with Crippen molar-refractivity contribution >= 4 is 27.5 Å². The van der Waals surface area contributed by atoms with E-state index in [1.807, 2.05) is 57.2 Å². The lowest BCUT2D eigenvalue weighted by Crippen LogP contribution is -2.52. The third-order valence-corrected chi connectivity index (χ3v) is 7.73. The zero-order valence-corrected chi connectivity index (χ0v) is 22.2. The SMILES string of the molecule is Cc1cccc(CN(C(=O)CN(c2ccc(C)cc2C)S(C)(=O)=O)[C@H](C)C(=O)NC2CCCC2)c1. The van der Waals surface area contributed by atoms with Gasteiger partial charge in [0, 0.05) is 12.6 Å². The van der Waals surface area contributed by atoms with Gasteiger partial charge in [-0.05, 0) is 57.7 Å². The Morgan fingerprint density at radius 1 is 1.03 bits per heavy atom. The molecule has 190 valence electrons. The molecule has 0 spiro atoms. The summed E-state index contributed by atoms with van der Waals surface area (Å²) in [6, 6.07) is 12.6. The first-order valence-corrected chi connectivity index (χ1v) is 14.0. The highest BCUT2D eigenvalue weighted by Crippen LogP contribution is 2.24. The van der Waals surface area contributed by atoms with Gasteiger partial charge in [-0.1, -0.05) is 60.4 Å². The van der Waals surface area contributed by atoms with Crippen molar-refractivity contribution in [3.63, 3.8) is 0 Å². The summed E-state index contributed by atoms with van der Waals surface area (Å²) in [7, 11) is -3.74. The van der Waals surface area contributed by atoms with Crippen LogP contribution in [0.5, 0.6) is 0 Å². The Kier molecular flexibility index (Phi) is 8.59. The Morgan fingerprint density at radius 3 is 2.29 bits per heavy atom. The lowest BCUT2D eigenvalue weighted by molar-refractivity contribution is -0.139. The summed E-state index contributed by atoms with van der Waals surface area (Å²) in [6.45, 7) is 7.27. The van der Waals surface area contributed by atoms with E-state index in [-0.39, 0.29) is 25.0 Å². The van der Waals surface area contributed by atoms with Crippen LogP contribution >= 0.6 is 0 Å². The van der Waals surface area contributed by atoms with Gasteiger partial charge in [0.2, 0.25) is 21.8 Å².